The number of benzene rings is 1. The Labute approximate surface area is 126 Å². The second-order valence-corrected chi connectivity index (χ2v) is 5.96. The molecule has 1 N–H and O–H groups in total. The van der Waals surface area contributed by atoms with Crippen molar-refractivity contribution in [1.29, 1.82) is 0 Å². The van der Waals surface area contributed by atoms with Crippen molar-refractivity contribution >= 4 is 0 Å². The van der Waals surface area contributed by atoms with Crippen LogP contribution in [0.5, 0.6) is 0 Å². The first-order valence-corrected chi connectivity index (χ1v) is 7.28. The van der Waals surface area contributed by atoms with Crippen molar-refractivity contribution < 1.29 is 9.50 Å². The van der Waals surface area contributed by atoms with E-state index in [4.69, 9.17) is 5.11 Å². The molecule has 1 aliphatic rings. The molecule has 0 spiro atoms. The van der Waals surface area contributed by atoms with E-state index in [1.807, 2.05) is 0 Å². The van der Waals surface area contributed by atoms with Gasteiger partial charge in [-0.3, -0.25) is 4.90 Å². The standard InChI is InChI=1S/C17H23FN2O/c1-13-10-20(12-17(13)19(2)3)11-15-6-7-16(18)9-14(15)5-4-8-21/h6-7,9,13,17,21H,8,10-12H2,1-3H3. The van der Waals surface area contributed by atoms with Crippen LogP contribution in [-0.2, 0) is 6.54 Å². The Bertz CT molecular complexity index is 547. The van der Waals surface area contributed by atoms with E-state index in [1.54, 1.807) is 6.07 Å². The molecule has 2 unspecified atom stereocenters. The van der Waals surface area contributed by atoms with Crippen molar-refractivity contribution in [3.05, 3.63) is 35.1 Å². The predicted octanol–water partition coefficient (Wildman–Crippen LogP) is 1.55. The second-order valence-electron chi connectivity index (χ2n) is 5.96. The fourth-order valence-corrected chi connectivity index (χ4v) is 3.03. The smallest absolute Gasteiger partial charge is 0.124 e. The Morgan fingerprint density at radius 2 is 2.14 bits per heavy atom. The van der Waals surface area contributed by atoms with Crippen molar-refractivity contribution in [2.45, 2.75) is 19.5 Å². The van der Waals surface area contributed by atoms with E-state index in [-0.39, 0.29) is 12.4 Å². The highest BCUT2D eigenvalue weighted by molar-refractivity contribution is 5.41. The average Bonchev–Trinajstić information content (AvgIpc) is 2.80. The molecule has 2 rings (SSSR count). The normalized spacial score (nSPS) is 22.4. The molecular weight excluding hydrogens is 267 g/mol. The monoisotopic (exact) mass is 290 g/mol. The topological polar surface area (TPSA) is 26.7 Å². The van der Waals surface area contributed by atoms with E-state index in [0.29, 0.717) is 17.5 Å². The number of aliphatic hydroxyl groups excluding tert-OH is 1. The van der Waals surface area contributed by atoms with Gasteiger partial charge in [0.15, 0.2) is 0 Å². The Hall–Kier alpha value is -1.41. The number of hydrogen-bond acceptors (Lipinski definition) is 3. The quantitative estimate of drug-likeness (QED) is 0.856. The summed E-state index contributed by atoms with van der Waals surface area (Å²) in [4.78, 5) is 4.65. The molecule has 0 radical (unpaired) electrons. The highest BCUT2D eigenvalue weighted by atomic mass is 19.1. The largest absolute Gasteiger partial charge is 0.384 e. The molecule has 114 valence electrons. The van der Waals surface area contributed by atoms with Crippen LogP contribution in [0.25, 0.3) is 0 Å². The van der Waals surface area contributed by atoms with Crippen LogP contribution < -0.4 is 0 Å². The van der Waals surface area contributed by atoms with E-state index < -0.39 is 0 Å². The molecule has 0 bridgehead atoms. The zero-order valence-corrected chi connectivity index (χ0v) is 12.9. The lowest BCUT2D eigenvalue weighted by Gasteiger charge is -2.22. The Balaban J connectivity index is 2.13. The number of halogens is 1. The molecule has 0 aromatic heterocycles. The zero-order chi connectivity index (χ0) is 15.4. The highest BCUT2D eigenvalue weighted by Gasteiger charge is 2.30. The summed E-state index contributed by atoms with van der Waals surface area (Å²) >= 11 is 0. The number of likely N-dealkylation sites (tertiary alicyclic amines) is 1. The van der Waals surface area contributed by atoms with Gasteiger partial charge in [0, 0.05) is 31.2 Å². The molecule has 3 nitrogen and oxygen atoms in total. The number of hydrogen-bond donors (Lipinski definition) is 1. The van der Waals surface area contributed by atoms with Crippen LogP contribution in [0.1, 0.15) is 18.1 Å². The molecule has 1 heterocycles. The van der Waals surface area contributed by atoms with Crippen LogP contribution in [0.3, 0.4) is 0 Å². The van der Waals surface area contributed by atoms with Crippen molar-refractivity contribution in [1.82, 2.24) is 9.80 Å². The van der Waals surface area contributed by atoms with Crippen LogP contribution in [0.4, 0.5) is 4.39 Å². The maximum Gasteiger partial charge on any atom is 0.124 e. The maximum absolute atomic E-state index is 13.4. The third-order valence-corrected chi connectivity index (χ3v) is 4.08. The Morgan fingerprint density at radius 1 is 1.38 bits per heavy atom. The lowest BCUT2D eigenvalue weighted by atomic mass is 10.1. The minimum absolute atomic E-state index is 0.209. The van der Waals surface area contributed by atoms with Crippen molar-refractivity contribution in [2.75, 3.05) is 33.8 Å². The second kappa shape index (κ2) is 7.04. The van der Waals surface area contributed by atoms with Gasteiger partial charge in [0.1, 0.15) is 12.4 Å². The SMILES string of the molecule is CC1CN(Cc2ccc(F)cc2C#CCO)CC1N(C)C. The summed E-state index contributed by atoms with van der Waals surface area (Å²) in [5.74, 6) is 5.78. The summed E-state index contributed by atoms with van der Waals surface area (Å²) in [5.41, 5.74) is 1.69. The molecule has 1 aromatic rings. The summed E-state index contributed by atoms with van der Waals surface area (Å²) in [6, 6.07) is 5.27. The van der Waals surface area contributed by atoms with Crippen molar-refractivity contribution in [3.8, 4) is 11.8 Å². The summed E-state index contributed by atoms with van der Waals surface area (Å²) in [6.07, 6.45) is 0. The average molecular weight is 290 g/mol. The molecule has 1 aliphatic heterocycles. The van der Waals surface area contributed by atoms with Gasteiger partial charge in [0.2, 0.25) is 0 Å². The minimum Gasteiger partial charge on any atom is -0.384 e. The van der Waals surface area contributed by atoms with Gasteiger partial charge in [-0.1, -0.05) is 24.8 Å². The van der Waals surface area contributed by atoms with Gasteiger partial charge in [-0.05, 0) is 37.7 Å². The number of rotatable bonds is 3. The maximum atomic E-state index is 13.4. The molecule has 21 heavy (non-hydrogen) atoms. The van der Waals surface area contributed by atoms with Crippen LogP contribution in [0, 0.1) is 23.6 Å². The van der Waals surface area contributed by atoms with E-state index in [9.17, 15) is 4.39 Å². The molecule has 0 amide bonds. The molecule has 0 saturated carbocycles. The molecular formula is C17H23FN2O. The van der Waals surface area contributed by atoms with E-state index in [0.717, 1.165) is 25.2 Å². The van der Waals surface area contributed by atoms with E-state index >= 15 is 0 Å². The molecule has 1 aromatic carbocycles. The van der Waals surface area contributed by atoms with Gasteiger partial charge in [0.25, 0.3) is 0 Å². The minimum atomic E-state index is -0.290. The molecule has 0 aliphatic carbocycles. The van der Waals surface area contributed by atoms with E-state index in [2.05, 4.69) is 42.7 Å². The predicted molar refractivity (Wildman–Crippen MR) is 82.3 cm³/mol. The first-order valence-electron chi connectivity index (χ1n) is 7.28. The van der Waals surface area contributed by atoms with E-state index in [1.165, 1.54) is 12.1 Å². The molecule has 1 saturated heterocycles. The lowest BCUT2D eigenvalue weighted by molar-refractivity contribution is 0.250. The number of aliphatic hydroxyl groups is 1. The van der Waals surface area contributed by atoms with Crippen LogP contribution in [0.2, 0.25) is 0 Å². The Kier molecular flexibility index (Phi) is 5.35. The number of nitrogens with zero attached hydrogens (tertiary/aromatic N) is 2. The van der Waals surface area contributed by atoms with Crippen molar-refractivity contribution in [2.24, 2.45) is 5.92 Å². The van der Waals surface area contributed by atoms with Gasteiger partial charge in [-0.25, -0.2) is 4.39 Å². The zero-order valence-electron chi connectivity index (χ0n) is 12.9. The lowest BCUT2D eigenvalue weighted by Crippen LogP contribution is -2.34. The highest BCUT2D eigenvalue weighted by Crippen LogP contribution is 2.23. The molecule has 1 fully saturated rings. The first kappa shape index (κ1) is 16.0. The third kappa shape index (κ3) is 4.04. The summed E-state index contributed by atoms with van der Waals surface area (Å²) in [5, 5.41) is 8.82. The summed E-state index contributed by atoms with van der Waals surface area (Å²) in [7, 11) is 4.22. The van der Waals surface area contributed by atoms with Crippen LogP contribution in [-0.4, -0.2) is 54.7 Å². The van der Waals surface area contributed by atoms with Crippen molar-refractivity contribution in [3.63, 3.8) is 0 Å². The molecule has 2 atom stereocenters. The van der Waals surface area contributed by atoms with Gasteiger partial charge < -0.3 is 10.0 Å². The van der Waals surface area contributed by atoms with Crippen LogP contribution in [0.15, 0.2) is 18.2 Å². The fourth-order valence-electron chi connectivity index (χ4n) is 3.03. The number of likely N-dealkylation sites (N-methyl/N-ethyl adjacent to an activating group) is 1. The third-order valence-electron chi connectivity index (χ3n) is 4.08. The van der Waals surface area contributed by atoms with Gasteiger partial charge >= 0.3 is 0 Å². The van der Waals surface area contributed by atoms with Gasteiger partial charge in [-0.2, -0.15) is 0 Å². The summed E-state index contributed by atoms with van der Waals surface area (Å²) < 4.78 is 13.4. The van der Waals surface area contributed by atoms with Gasteiger partial charge in [0.05, 0.1) is 0 Å². The van der Waals surface area contributed by atoms with Crippen LogP contribution >= 0.6 is 0 Å². The Morgan fingerprint density at radius 3 is 2.76 bits per heavy atom. The molecule has 4 heteroatoms. The van der Waals surface area contributed by atoms with Gasteiger partial charge in [-0.15, -0.1) is 0 Å². The fraction of sp³-hybridized carbons (Fsp3) is 0.529. The first-order chi connectivity index (χ1) is 10.0. The summed E-state index contributed by atoms with van der Waals surface area (Å²) in [6.45, 7) is 4.87.